The summed E-state index contributed by atoms with van der Waals surface area (Å²) in [6.45, 7) is 19.9. The first-order valence-corrected chi connectivity index (χ1v) is 13.2. The molecule has 0 aliphatic rings. The highest BCUT2D eigenvalue weighted by molar-refractivity contribution is 7.84. The lowest BCUT2D eigenvalue weighted by atomic mass is 10.1. The van der Waals surface area contributed by atoms with Gasteiger partial charge in [0.2, 0.25) is 5.88 Å². The van der Waals surface area contributed by atoms with Crippen molar-refractivity contribution >= 4 is 19.3 Å². The van der Waals surface area contributed by atoms with Crippen LogP contribution in [0, 0.1) is 0 Å². The number of hydrogen-bond donors (Lipinski definition) is 1. The maximum absolute atomic E-state index is 12.6. The molecule has 26 heavy (non-hydrogen) atoms. The Labute approximate surface area is 163 Å². The molecule has 0 amide bonds. The Bertz CT molecular complexity index is 592. The van der Waals surface area contributed by atoms with Gasteiger partial charge < -0.3 is 9.16 Å². The van der Waals surface area contributed by atoms with E-state index in [1.54, 1.807) is 6.20 Å². The number of nitrogens with zero attached hydrogens (tertiary/aromatic N) is 1. The molecule has 1 heterocycles. The summed E-state index contributed by atoms with van der Waals surface area (Å²) < 4.78 is 27.3. The molecule has 150 valence electrons. The van der Waals surface area contributed by atoms with E-state index in [-0.39, 0.29) is 15.8 Å². The average Bonchev–Trinajstić information content (AvgIpc) is 2.50. The van der Waals surface area contributed by atoms with Gasteiger partial charge in [0.1, 0.15) is 0 Å². The lowest BCUT2D eigenvalue weighted by Crippen LogP contribution is -2.44. The lowest BCUT2D eigenvalue weighted by Gasteiger charge is -2.37. The number of ether oxygens (including phenoxy) is 1. The molecule has 2 atom stereocenters. The molecule has 1 aromatic rings. The Morgan fingerprint density at radius 1 is 1.19 bits per heavy atom. The third kappa shape index (κ3) is 6.76. The molecule has 7 heteroatoms. The minimum atomic E-state index is -1.91. The minimum absolute atomic E-state index is 0.123. The van der Waals surface area contributed by atoms with Crippen molar-refractivity contribution in [2.24, 2.45) is 0 Å². The highest BCUT2D eigenvalue weighted by Gasteiger charge is 2.38. The highest BCUT2D eigenvalue weighted by atomic mass is 32.2. The topological polar surface area (TPSA) is 60.5 Å². The van der Waals surface area contributed by atoms with Crippen molar-refractivity contribution in [2.75, 3.05) is 13.2 Å². The van der Waals surface area contributed by atoms with Crippen molar-refractivity contribution in [1.29, 1.82) is 0 Å². The molecule has 1 aromatic heterocycles. The van der Waals surface area contributed by atoms with Crippen molar-refractivity contribution in [3.05, 3.63) is 23.9 Å². The Morgan fingerprint density at radius 3 is 2.23 bits per heavy atom. The summed E-state index contributed by atoms with van der Waals surface area (Å²) in [5, 5.41) is 0.123. The van der Waals surface area contributed by atoms with Gasteiger partial charge in [-0.3, -0.25) is 0 Å². The summed E-state index contributed by atoms with van der Waals surface area (Å²) in [5.74, 6) is 0.595. The first kappa shape index (κ1) is 23.3. The molecule has 0 spiro atoms. The largest absolute Gasteiger partial charge is 0.478 e. The molecule has 0 saturated heterocycles. The second-order valence-electron chi connectivity index (χ2n) is 8.99. The third-order valence-electron chi connectivity index (χ3n) is 4.68. The van der Waals surface area contributed by atoms with Gasteiger partial charge in [-0.1, -0.05) is 26.8 Å². The maximum Gasteiger partial charge on any atom is 0.213 e. The molecular weight excluding hydrogens is 364 g/mol. The Hall–Kier alpha value is -0.763. The molecule has 2 unspecified atom stereocenters. The number of aromatic nitrogens is 1. The Kier molecular flexibility index (Phi) is 8.01. The Morgan fingerprint density at radius 2 is 1.81 bits per heavy atom. The zero-order chi connectivity index (χ0) is 20.2. The molecule has 0 aromatic carbocycles. The third-order valence-corrected chi connectivity index (χ3v) is 10.8. The van der Waals surface area contributed by atoms with Crippen molar-refractivity contribution < 1.29 is 13.4 Å². The van der Waals surface area contributed by atoms with Crippen LogP contribution in [0.3, 0.4) is 0 Å². The van der Waals surface area contributed by atoms with Crippen LogP contribution in [0.1, 0.15) is 60.1 Å². The van der Waals surface area contributed by atoms with Crippen molar-refractivity contribution in [1.82, 2.24) is 9.71 Å². The van der Waals surface area contributed by atoms with E-state index in [2.05, 4.69) is 43.6 Å². The van der Waals surface area contributed by atoms with Crippen LogP contribution >= 0.6 is 0 Å². The predicted octanol–water partition coefficient (Wildman–Crippen LogP) is 4.60. The number of hydrogen-bond acceptors (Lipinski definition) is 4. The number of nitrogens with one attached hydrogen (secondary N) is 1. The van der Waals surface area contributed by atoms with Crippen LogP contribution in [0.2, 0.25) is 18.1 Å². The fourth-order valence-corrected chi connectivity index (χ4v) is 3.68. The van der Waals surface area contributed by atoms with Gasteiger partial charge in [-0.05, 0) is 51.4 Å². The minimum Gasteiger partial charge on any atom is -0.478 e. The molecule has 0 saturated carbocycles. The first-order chi connectivity index (χ1) is 11.8. The van der Waals surface area contributed by atoms with Crippen LogP contribution in [0.4, 0.5) is 0 Å². The fraction of sp³-hybridized carbons (Fsp3) is 0.737. The van der Waals surface area contributed by atoms with Crippen molar-refractivity contribution in [3.63, 3.8) is 0 Å². The first-order valence-electron chi connectivity index (χ1n) is 9.18. The van der Waals surface area contributed by atoms with Gasteiger partial charge in [0.25, 0.3) is 0 Å². The van der Waals surface area contributed by atoms with E-state index >= 15 is 0 Å². The summed E-state index contributed by atoms with van der Waals surface area (Å²) in [6.07, 6.45) is 1.78. The van der Waals surface area contributed by atoms with Gasteiger partial charge >= 0.3 is 0 Å². The molecule has 0 fully saturated rings. The molecule has 0 radical (unpaired) electrons. The summed E-state index contributed by atoms with van der Waals surface area (Å²) in [4.78, 5) is 4.35. The number of rotatable bonds is 8. The standard InChI is InChI=1S/C19H36N2O3SSi/c1-10-23-17-12-11-15(13-20-17)16(21-25(22)18(2,3)4)14-24-26(8,9)19(5,6)7/h11-13,16,21H,10,14H2,1-9H3. The van der Waals surface area contributed by atoms with E-state index in [1.807, 2.05) is 39.8 Å². The van der Waals surface area contributed by atoms with E-state index in [0.717, 1.165) is 5.56 Å². The van der Waals surface area contributed by atoms with Gasteiger partial charge in [-0.2, -0.15) is 0 Å². The van der Waals surface area contributed by atoms with Gasteiger partial charge in [0, 0.05) is 12.3 Å². The number of pyridine rings is 1. The van der Waals surface area contributed by atoms with Gasteiger partial charge in [-0.15, -0.1) is 0 Å². The highest BCUT2D eigenvalue weighted by Crippen LogP contribution is 2.37. The lowest BCUT2D eigenvalue weighted by molar-refractivity contribution is 0.257. The zero-order valence-corrected chi connectivity index (χ0v) is 19.6. The SMILES string of the molecule is CCOc1ccc(C(CO[Si](C)(C)C(C)(C)C)NS(=O)C(C)(C)C)cn1. The van der Waals surface area contributed by atoms with Crippen molar-refractivity contribution in [2.45, 2.75) is 77.4 Å². The summed E-state index contributed by atoms with van der Waals surface area (Å²) >= 11 is 0. The normalized spacial score (nSPS) is 15.6. The van der Waals surface area contributed by atoms with Gasteiger partial charge in [0.05, 0.1) is 35.0 Å². The quantitative estimate of drug-likeness (QED) is 0.648. The molecule has 0 bridgehead atoms. The van der Waals surface area contributed by atoms with Crippen molar-refractivity contribution in [3.8, 4) is 5.88 Å². The monoisotopic (exact) mass is 400 g/mol. The van der Waals surface area contributed by atoms with Crippen LogP contribution in [-0.4, -0.2) is 35.5 Å². The molecule has 5 nitrogen and oxygen atoms in total. The van der Waals surface area contributed by atoms with Crippen LogP contribution < -0.4 is 9.46 Å². The molecule has 0 aliphatic carbocycles. The fourth-order valence-electron chi connectivity index (χ4n) is 1.84. The molecular formula is C19H36N2O3SSi. The predicted molar refractivity (Wildman–Crippen MR) is 112 cm³/mol. The second-order valence-corrected chi connectivity index (χ2v) is 15.8. The summed E-state index contributed by atoms with van der Waals surface area (Å²) in [7, 11) is -3.10. The smallest absolute Gasteiger partial charge is 0.213 e. The maximum atomic E-state index is 12.6. The van der Waals surface area contributed by atoms with E-state index in [4.69, 9.17) is 9.16 Å². The average molecular weight is 401 g/mol. The Balaban J connectivity index is 3.00. The summed E-state index contributed by atoms with van der Waals surface area (Å²) in [5.41, 5.74) is 0.949. The molecule has 0 aliphatic heterocycles. The van der Waals surface area contributed by atoms with Gasteiger partial charge in [0.15, 0.2) is 8.32 Å². The van der Waals surface area contributed by atoms with Crippen LogP contribution in [0.25, 0.3) is 0 Å². The van der Waals surface area contributed by atoms with E-state index < -0.39 is 19.3 Å². The van der Waals surface area contributed by atoms with Crippen LogP contribution in [0.5, 0.6) is 5.88 Å². The second kappa shape index (κ2) is 8.95. The van der Waals surface area contributed by atoms with E-state index in [1.165, 1.54) is 0 Å². The summed E-state index contributed by atoms with van der Waals surface area (Å²) in [6, 6.07) is 3.62. The van der Waals surface area contributed by atoms with Crippen LogP contribution in [0.15, 0.2) is 18.3 Å². The zero-order valence-electron chi connectivity index (χ0n) is 17.8. The van der Waals surface area contributed by atoms with Gasteiger partial charge in [-0.25, -0.2) is 13.9 Å². The van der Waals surface area contributed by atoms with E-state index in [9.17, 15) is 4.21 Å². The van der Waals surface area contributed by atoms with Crippen LogP contribution in [-0.2, 0) is 15.4 Å². The molecule has 1 N–H and O–H groups in total. The molecule has 1 rings (SSSR count). The van der Waals surface area contributed by atoms with E-state index in [0.29, 0.717) is 19.1 Å².